The van der Waals surface area contributed by atoms with E-state index < -0.39 is 5.97 Å². The first-order valence-electron chi connectivity index (χ1n) is 9.00. The third-order valence-corrected chi connectivity index (χ3v) is 5.37. The second kappa shape index (κ2) is 7.51. The van der Waals surface area contributed by atoms with Crippen molar-refractivity contribution < 1.29 is 14.3 Å². The molecule has 3 aromatic rings. The SMILES string of the molecule is CCC(=O)Nc1cccc(C(=O)OCc2cc(=O)n3nc(C4CC4)sc3n2)c1. The van der Waals surface area contributed by atoms with E-state index in [0.717, 1.165) is 17.8 Å². The van der Waals surface area contributed by atoms with Crippen LogP contribution < -0.4 is 10.9 Å². The van der Waals surface area contributed by atoms with Gasteiger partial charge in [0.05, 0.1) is 11.3 Å². The van der Waals surface area contributed by atoms with E-state index in [2.05, 4.69) is 15.4 Å². The predicted molar refractivity (Wildman–Crippen MR) is 104 cm³/mol. The molecule has 1 aromatic carbocycles. The zero-order valence-corrected chi connectivity index (χ0v) is 16.0. The van der Waals surface area contributed by atoms with E-state index in [1.54, 1.807) is 31.2 Å². The number of hydrogen-bond donors (Lipinski definition) is 1. The quantitative estimate of drug-likeness (QED) is 0.641. The fourth-order valence-electron chi connectivity index (χ4n) is 2.64. The van der Waals surface area contributed by atoms with E-state index in [-0.39, 0.29) is 18.1 Å². The lowest BCUT2D eigenvalue weighted by Crippen LogP contribution is -2.16. The standard InChI is InChI=1S/C19H18N4O4S/c1-2-15(24)20-13-5-3-4-12(8-13)18(26)27-10-14-9-16(25)23-19(21-14)28-17(22-23)11-6-7-11/h3-5,8-9,11H,2,6-7,10H2,1H3,(H,20,24). The molecule has 1 aliphatic carbocycles. The number of nitrogens with one attached hydrogen (secondary N) is 1. The van der Waals surface area contributed by atoms with Crippen LogP contribution >= 0.6 is 11.3 Å². The Kier molecular flexibility index (Phi) is 4.91. The van der Waals surface area contributed by atoms with Crippen molar-refractivity contribution in [2.45, 2.75) is 38.7 Å². The van der Waals surface area contributed by atoms with Crippen LogP contribution in [0.3, 0.4) is 0 Å². The Balaban J connectivity index is 1.46. The van der Waals surface area contributed by atoms with Crippen molar-refractivity contribution in [2.75, 3.05) is 5.32 Å². The molecule has 0 bridgehead atoms. The highest BCUT2D eigenvalue weighted by Gasteiger charge is 2.28. The number of carbonyl (C=O) groups is 2. The zero-order chi connectivity index (χ0) is 19.7. The Labute approximate surface area is 164 Å². The molecule has 2 aromatic heterocycles. The third kappa shape index (κ3) is 3.94. The van der Waals surface area contributed by atoms with Crippen LogP contribution in [-0.4, -0.2) is 26.5 Å². The zero-order valence-electron chi connectivity index (χ0n) is 15.2. The normalized spacial score (nSPS) is 13.5. The van der Waals surface area contributed by atoms with E-state index >= 15 is 0 Å². The molecule has 0 aliphatic heterocycles. The van der Waals surface area contributed by atoms with Crippen LogP contribution in [0.25, 0.3) is 4.96 Å². The van der Waals surface area contributed by atoms with Crippen LogP contribution in [0.2, 0.25) is 0 Å². The molecule has 1 amide bonds. The lowest BCUT2D eigenvalue weighted by molar-refractivity contribution is -0.115. The first-order chi connectivity index (χ1) is 13.5. The number of esters is 1. The second-order valence-electron chi connectivity index (χ2n) is 6.55. The average molecular weight is 398 g/mol. The van der Waals surface area contributed by atoms with Crippen molar-refractivity contribution in [2.24, 2.45) is 0 Å². The van der Waals surface area contributed by atoms with Crippen molar-refractivity contribution in [3.8, 4) is 0 Å². The van der Waals surface area contributed by atoms with Crippen molar-refractivity contribution in [3.63, 3.8) is 0 Å². The molecule has 1 fully saturated rings. The number of anilines is 1. The molecule has 8 nitrogen and oxygen atoms in total. The first-order valence-corrected chi connectivity index (χ1v) is 9.82. The van der Waals surface area contributed by atoms with Gasteiger partial charge in [-0.25, -0.2) is 9.78 Å². The highest BCUT2D eigenvalue weighted by molar-refractivity contribution is 7.16. The van der Waals surface area contributed by atoms with E-state index in [0.29, 0.717) is 34.2 Å². The number of nitrogens with zero attached hydrogens (tertiary/aromatic N) is 3. The maximum atomic E-state index is 12.3. The molecular weight excluding hydrogens is 380 g/mol. The highest BCUT2D eigenvalue weighted by atomic mass is 32.1. The molecule has 144 valence electrons. The largest absolute Gasteiger partial charge is 0.456 e. The Morgan fingerprint density at radius 2 is 2.14 bits per heavy atom. The molecule has 0 radical (unpaired) electrons. The number of carbonyl (C=O) groups excluding carboxylic acids is 2. The van der Waals surface area contributed by atoms with Crippen LogP contribution in [0.4, 0.5) is 5.69 Å². The van der Waals surface area contributed by atoms with E-state index in [4.69, 9.17) is 4.74 Å². The maximum absolute atomic E-state index is 12.3. The molecular formula is C19H18N4O4S. The van der Waals surface area contributed by atoms with Crippen LogP contribution in [0.15, 0.2) is 35.1 Å². The number of rotatable bonds is 6. The number of hydrogen-bond acceptors (Lipinski definition) is 7. The summed E-state index contributed by atoms with van der Waals surface area (Å²) in [4.78, 5) is 40.9. The van der Waals surface area contributed by atoms with Crippen molar-refractivity contribution in [3.05, 3.63) is 57.0 Å². The fraction of sp³-hybridized carbons (Fsp3) is 0.316. The molecule has 0 unspecified atom stereocenters. The number of amides is 1. The van der Waals surface area contributed by atoms with Gasteiger partial charge in [-0.05, 0) is 31.0 Å². The summed E-state index contributed by atoms with van der Waals surface area (Å²) in [5.74, 6) is -0.260. The maximum Gasteiger partial charge on any atom is 0.338 e. The Bertz CT molecular complexity index is 1120. The Morgan fingerprint density at radius 3 is 2.89 bits per heavy atom. The summed E-state index contributed by atoms with van der Waals surface area (Å²) < 4.78 is 6.59. The first kappa shape index (κ1) is 18.3. The molecule has 0 atom stereocenters. The predicted octanol–water partition coefficient (Wildman–Crippen LogP) is 2.73. The summed E-state index contributed by atoms with van der Waals surface area (Å²) in [5, 5.41) is 7.93. The van der Waals surface area contributed by atoms with Crippen LogP contribution in [0, 0.1) is 0 Å². The second-order valence-corrected chi connectivity index (χ2v) is 7.54. The minimum Gasteiger partial charge on any atom is -0.456 e. The lowest BCUT2D eigenvalue weighted by Gasteiger charge is -2.07. The van der Waals surface area contributed by atoms with Crippen molar-refractivity contribution >= 4 is 33.9 Å². The van der Waals surface area contributed by atoms with Crippen molar-refractivity contribution in [1.29, 1.82) is 0 Å². The highest BCUT2D eigenvalue weighted by Crippen LogP contribution is 2.41. The van der Waals surface area contributed by atoms with Gasteiger partial charge in [0.2, 0.25) is 10.9 Å². The van der Waals surface area contributed by atoms with Gasteiger partial charge in [0.15, 0.2) is 0 Å². The van der Waals surface area contributed by atoms with Crippen LogP contribution in [-0.2, 0) is 16.1 Å². The monoisotopic (exact) mass is 398 g/mol. The third-order valence-electron chi connectivity index (χ3n) is 4.29. The number of aromatic nitrogens is 3. The average Bonchev–Trinajstić information content (AvgIpc) is 3.45. The van der Waals surface area contributed by atoms with Gasteiger partial charge in [-0.15, -0.1) is 0 Å². The van der Waals surface area contributed by atoms with E-state index in [1.807, 2.05) is 0 Å². The summed E-state index contributed by atoms with van der Waals surface area (Å²) in [6, 6.07) is 7.83. The van der Waals surface area contributed by atoms with Gasteiger partial charge in [-0.2, -0.15) is 9.61 Å². The molecule has 4 rings (SSSR count). The molecule has 1 aliphatic rings. The van der Waals surface area contributed by atoms with Crippen LogP contribution in [0.5, 0.6) is 0 Å². The van der Waals surface area contributed by atoms with Gasteiger partial charge in [0.25, 0.3) is 5.56 Å². The van der Waals surface area contributed by atoms with Gasteiger partial charge in [0.1, 0.15) is 11.6 Å². The number of fused-ring (bicyclic) bond motifs is 1. The summed E-state index contributed by atoms with van der Waals surface area (Å²) in [7, 11) is 0. The smallest absolute Gasteiger partial charge is 0.338 e. The van der Waals surface area contributed by atoms with Gasteiger partial charge < -0.3 is 10.1 Å². The van der Waals surface area contributed by atoms with Gasteiger partial charge in [-0.3, -0.25) is 9.59 Å². The molecule has 28 heavy (non-hydrogen) atoms. The molecule has 0 spiro atoms. The minimum atomic E-state index is -0.558. The molecule has 1 N–H and O–H groups in total. The topological polar surface area (TPSA) is 103 Å². The summed E-state index contributed by atoms with van der Waals surface area (Å²) in [6.45, 7) is 1.63. The Hall–Kier alpha value is -3.07. The summed E-state index contributed by atoms with van der Waals surface area (Å²) in [5.41, 5.74) is 0.917. The van der Waals surface area contributed by atoms with E-state index in [9.17, 15) is 14.4 Å². The number of ether oxygens (including phenoxy) is 1. The lowest BCUT2D eigenvalue weighted by atomic mass is 10.2. The fourth-order valence-corrected chi connectivity index (χ4v) is 3.73. The van der Waals surface area contributed by atoms with Gasteiger partial charge in [-0.1, -0.05) is 24.3 Å². The summed E-state index contributed by atoms with van der Waals surface area (Å²) >= 11 is 1.40. The van der Waals surface area contributed by atoms with E-state index in [1.165, 1.54) is 21.9 Å². The van der Waals surface area contributed by atoms with Gasteiger partial charge in [0, 0.05) is 24.1 Å². The molecule has 0 saturated heterocycles. The number of benzene rings is 1. The summed E-state index contributed by atoms with van der Waals surface area (Å²) in [6.07, 6.45) is 2.53. The molecule has 1 saturated carbocycles. The van der Waals surface area contributed by atoms with Crippen LogP contribution in [0.1, 0.15) is 53.2 Å². The molecule has 9 heteroatoms. The van der Waals surface area contributed by atoms with Crippen molar-refractivity contribution in [1.82, 2.24) is 14.6 Å². The Morgan fingerprint density at radius 1 is 1.32 bits per heavy atom. The minimum absolute atomic E-state index is 0.118. The molecule has 2 heterocycles. The van der Waals surface area contributed by atoms with Gasteiger partial charge >= 0.3 is 5.97 Å².